The number of thioether (sulfide) groups is 2. The lowest BCUT2D eigenvalue weighted by atomic mass is 9.85. The highest BCUT2D eigenvalue weighted by Crippen LogP contribution is 2.40. The zero-order chi connectivity index (χ0) is 19.9. The predicted molar refractivity (Wildman–Crippen MR) is 111 cm³/mol. The molecule has 0 radical (unpaired) electrons. The van der Waals surface area contributed by atoms with Crippen molar-refractivity contribution in [1.82, 2.24) is 5.32 Å². The Labute approximate surface area is 169 Å². The number of rotatable bonds is 9. The van der Waals surface area contributed by atoms with E-state index in [0.29, 0.717) is 25.0 Å². The van der Waals surface area contributed by atoms with Crippen molar-refractivity contribution in [1.29, 1.82) is 0 Å². The van der Waals surface area contributed by atoms with Crippen molar-refractivity contribution in [2.45, 2.75) is 39.2 Å². The minimum absolute atomic E-state index is 0.0116. The summed E-state index contributed by atoms with van der Waals surface area (Å²) in [4.78, 5) is 37.1. The monoisotopic (exact) mass is 409 g/mol. The molecule has 2 rings (SSSR count). The van der Waals surface area contributed by atoms with E-state index < -0.39 is 17.4 Å². The van der Waals surface area contributed by atoms with Gasteiger partial charge in [0.1, 0.15) is 6.04 Å². The number of carbonyl (C=O) groups excluding carboxylic acids is 3. The maximum Gasteiger partial charge on any atom is 0.328 e. The van der Waals surface area contributed by atoms with E-state index in [1.54, 1.807) is 18.7 Å². The van der Waals surface area contributed by atoms with Crippen LogP contribution in [0.15, 0.2) is 24.3 Å². The van der Waals surface area contributed by atoms with Gasteiger partial charge < -0.3 is 10.1 Å². The summed E-state index contributed by atoms with van der Waals surface area (Å²) in [5.74, 6) is 0.580. The van der Waals surface area contributed by atoms with Crippen LogP contribution in [0, 0.1) is 5.41 Å². The summed E-state index contributed by atoms with van der Waals surface area (Å²) in [5.41, 5.74) is 1.55. The van der Waals surface area contributed by atoms with Gasteiger partial charge in [-0.25, -0.2) is 4.79 Å². The lowest BCUT2D eigenvalue weighted by Gasteiger charge is -2.29. The molecular formula is C20H27NO4S2. The average Bonchev–Trinajstić information content (AvgIpc) is 3.03. The van der Waals surface area contributed by atoms with Gasteiger partial charge in [0.2, 0.25) is 5.91 Å². The highest BCUT2D eigenvalue weighted by Gasteiger charge is 2.45. The number of nitrogens with one attached hydrogen (secondary N) is 1. The molecule has 0 spiro atoms. The molecule has 1 aromatic carbocycles. The van der Waals surface area contributed by atoms with Crippen LogP contribution in [-0.4, -0.2) is 47.4 Å². The number of benzene rings is 1. The fourth-order valence-corrected chi connectivity index (χ4v) is 4.59. The number of hydrogen-bond donors (Lipinski definition) is 1. The first kappa shape index (κ1) is 21.8. The van der Waals surface area contributed by atoms with Crippen LogP contribution in [0.2, 0.25) is 0 Å². The number of hydrogen-bond acceptors (Lipinski definition) is 6. The molecule has 1 atom stereocenters. The minimum atomic E-state index is -0.718. The molecule has 0 saturated carbocycles. The van der Waals surface area contributed by atoms with Crippen LogP contribution in [0.3, 0.4) is 0 Å². The van der Waals surface area contributed by atoms with Crippen molar-refractivity contribution < 1.29 is 19.1 Å². The number of carbonyl (C=O) groups is 3. The molecule has 1 amide bonds. The SMILES string of the molecule is CCOC(=O)[C@H](CCSC)NC(=O)C1(CSC(C)=O)Cc2ccccc2C1. The Hall–Kier alpha value is -1.47. The molecular weight excluding hydrogens is 382 g/mol. The van der Waals surface area contributed by atoms with Gasteiger partial charge in [0.05, 0.1) is 12.0 Å². The topological polar surface area (TPSA) is 72.5 Å². The van der Waals surface area contributed by atoms with Crippen LogP contribution in [0.5, 0.6) is 0 Å². The van der Waals surface area contributed by atoms with E-state index >= 15 is 0 Å². The quantitative estimate of drug-likeness (QED) is 0.633. The second-order valence-corrected chi connectivity index (χ2v) is 8.88. The third-order valence-electron chi connectivity index (χ3n) is 4.70. The summed E-state index contributed by atoms with van der Waals surface area (Å²) in [5, 5.41) is 2.91. The van der Waals surface area contributed by atoms with Crippen LogP contribution in [0.1, 0.15) is 31.4 Å². The molecule has 5 nitrogen and oxygen atoms in total. The summed E-state index contributed by atoms with van der Waals surface area (Å²) < 4.78 is 5.14. The van der Waals surface area contributed by atoms with E-state index in [0.717, 1.165) is 16.9 Å². The maximum absolute atomic E-state index is 13.3. The third kappa shape index (κ3) is 5.75. The Morgan fingerprint density at radius 2 is 1.85 bits per heavy atom. The summed E-state index contributed by atoms with van der Waals surface area (Å²) >= 11 is 2.79. The molecule has 148 valence electrons. The van der Waals surface area contributed by atoms with E-state index in [9.17, 15) is 14.4 Å². The van der Waals surface area contributed by atoms with Gasteiger partial charge in [0.25, 0.3) is 0 Å². The van der Waals surface area contributed by atoms with E-state index in [-0.39, 0.29) is 17.6 Å². The molecule has 1 aliphatic carbocycles. The Morgan fingerprint density at radius 1 is 1.22 bits per heavy atom. The van der Waals surface area contributed by atoms with E-state index in [4.69, 9.17) is 4.74 Å². The molecule has 0 unspecified atom stereocenters. The normalized spacial score (nSPS) is 15.7. The highest BCUT2D eigenvalue weighted by atomic mass is 32.2. The molecule has 0 fully saturated rings. The summed E-state index contributed by atoms with van der Waals surface area (Å²) in [7, 11) is 0. The van der Waals surface area contributed by atoms with Gasteiger partial charge in [-0.15, -0.1) is 0 Å². The molecule has 1 aromatic rings. The van der Waals surface area contributed by atoms with E-state index in [1.807, 2.05) is 30.5 Å². The second kappa shape index (κ2) is 10.2. The van der Waals surface area contributed by atoms with Crippen molar-refractivity contribution >= 4 is 40.5 Å². The van der Waals surface area contributed by atoms with Crippen molar-refractivity contribution in [3.63, 3.8) is 0 Å². The van der Waals surface area contributed by atoms with Gasteiger partial charge in [-0.2, -0.15) is 11.8 Å². The average molecular weight is 410 g/mol. The maximum atomic E-state index is 13.3. The van der Waals surface area contributed by atoms with Crippen molar-refractivity contribution in [3.05, 3.63) is 35.4 Å². The smallest absolute Gasteiger partial charge is 0.328 e. The predicted octanol–water partition coefficient (Wildman–Crippen LogP) is 2.85. The first-order valence-electron chi connectivity index (χ1n) is 9.08. The Kier molecular flexibility index (Phi) is 8.23. The van der Waals surface area contributed by atoms with Crippen LogP contribution < -0.4 is 5.32 Å². The van der Waals surface area contributed by atoms with Crippen molar-refractivity contribution in [3.8, 4) is 0 Å². The molecule has 0 saturated heterocycles. The largest absolute Gasteiger partial charge is 0.464 e. The van der Waals surface area contributed by atoms with Crippen LogP contribution in [0.4, 0.5) is 0 Å². The first-order valence-corrected chi connectivity index (χ1v) is 11.5. The Balaban J connectivity index is 2.20. The van der Waals surface area contributed by atoms with Gasteiger partial charge in [-0.1, -0.05) is 36.0 Å². The summed E-state index contributed by atoms with van der Waals surface area (Å²) in [6.45, 7) is 3.55. The number of esters is 1. The zero-order valence-corrected chi connectivity index (χ0v) is 17.7. The molecule has 1 aliphatic rings. The summed E-state index contributed by atoms with van der Waals surface area (Å²) in [6.07, 6.45) is 3.64. The van der Waals surface area contributed by atoms with E-state index in [2.05, 4.69) is 5.32 Å². The second-order valence-electron chi connectivity index (χ2n) is 6.74. The Morgan fingerprint density at radius 3 is 2.37 bits per heavy atom. The lowest BCUT2D eigenvalue weighted by Crippen LogP contribution is -2.51. The lowest BCUT2D eigenvalue weighted by molar-refractivity contribution is -0.148. The summed E-state index contributed by atoms with van der Waals surface area (Å²) in [6, 6.07) is 7.32. The van der Waals surface area contributed by atoms with Gasteiger partial charge >= 0.3 is 5.97 Å². The molecule has 0 aliphatic heterocycles. The standard InChI is InChI=1S/C20H27NO4S2/c1-4-25-18(23)17(9-10-26-3)21-19(24)20(13-27-14(2)22)11-15-7-5-6-8-16(15)12-20/h5-8,17H,4,9-13H2,1-3H3,(H,21,24)/t17-/m0/s1. The third-order valence-corrected chi connectivity index (χ3v) is 6.44. The number of amides is 1. The first-order chi connectivity index (χ1) is 12.9. The van der Waals surface area contributed by atoms with Gasteiger partial charge in [-0.3, -0.25) is 9.59 Å². The Bertz CT molecular complexity index is 667. The minimum Gasteiger partial charge on any atom is -0.464 e. The number of fused-ring (bicyclic) bond motifs is 1. The van der Waals surface area contributed by atoms with Crippen molar-refractivity contribution in [2.24, 2.45) is 5.41 Å². The fourth-order valence-electron chi connectivity index (χ4n) is 3.30. The van der Waals surface area contributed by atoms with Crippen molar-refractivity contribution in [2.75, 3.05) is 24.4 Å². The molecule has 0 aromatic heterocycles. The zero-order valence-electron chi connectivity index (χ0n) is 16.1. The van der Waals surface area contributed by atoms with Crippen LogP contribution in [-0.2, 0) is 32.0 Å². The van der Waals surface area contributed by atoms with Gasteiger partial charge in [0.15, 0.2) is 5.12 Å². The molecule has 27 heavy (non-hydrogen) atoms. The van der Waals surface area contributed by atoms with Crippen LogP contribution in [0.25, 0.3) is 0 Å². The van der Waals surface area contributed by atoms with Gasteiger partial charge in [-0.05, 0) is 49.3 Å². The van der Waals surface area contributed by atoms with E-state index in [1.165, 1.54) is 18.7 Å². The van der Waals surface area contributed by atoms with Gasteiger partial charge in [0, 0.05) is 12.7 Å². The fraction of sp³-hybridized carbons (Fsp3) is 0.550. The van der Waals surface area contributed by atoms with Crippen LogP contribution >= 0.6 is 23.5 Å². The molecule has 0 heterocycles. The molecule has 7 heteroatoms. The highest BCUT2D eigenvalue weighted by molar-refractivity contribution is 8.13. The molecule has 0 bridgehead atoms. The molecule has 1 N–H and O–H groups in total. The number of ether oxygens (including phenoxy) is 1.